The summed E-state index contributed by atoms with van der Waals surface area (Å²) in [5.74, 6) is 0.819. The molecule has 0 radical (unpaired) electrons. The summed E-state index contributed by atoms with van der Waals surface area (Å²) in [6.45, 7) is 6.54. The van der Waals surface area contributed by atoms with E-state index in [2.05, 4.69) is 29.3 Å². The van der Waals surface area contributed by atoms with E-state index in [1.165, 1.54) is 12.5 Å². The number of anilines is 1. The number of rotatable bonds is 15. The molecule has 8 heteroatoms. The zero-order valence-corrected chi connectivity index (χ0v) is 23.8. The summed E-state index contributed by atoms with van der Waals surface area (Å²) >= 11 is 0. The van der Waals surface area contributed by atoms with Crippen molar-refractivity contribution >= 4 is 11.7 Å². The van der Waals surface area contributed by atoms with Gasteiger partial charge in [-0.05, 0) is 74.6 Å². The predicted octanol–water partition coefficient (Wildman–Crippen LogP) is 5.50. The van der Waals surface area contributed by atoms with Gasteiger partial charge in [0.1, 0.15) is 25.5 Å². The van der Waals surface area contributed by atoms with Gasteiger partial charge in [-0.3, -0.25) is 0 Å². The van der Waals surface area contributed by atoms with Gasteiger partial charge in [0.15, 0.2) is 11.5 Å². The molecule has 0 aliphatic carbocycles. The number of ether oxygens (including phenoxy) is 3. The first-order valence-corrected chi connectivity index (χ1v) is 14.2. The average Bonchev–Trinajstić information content (AvgIpc) is 3.39. The third-order valence-corrected chi connectivity index (χ3v) is 6.86. The fourth-order valence-corrected chi connectivity index (χ4v) is 4.98. The number of para-hydroxylation sites is 2. The van der Waals surface area contributed by atoms with Crippen LogP contribution >= 0.6 is 0 Å². The highest BCUT2D eigenvalue weighted by atomic mass is 19.1. The van der Waals surface area contributed by atoms with Crippen LogP contribution in [0.2, 0.25) is 0 Å². The smallest absolute Gasteiger partial charge is 0.338 e. The van der Waals surface area contributed by atoms with Gasteiger partial charge in [-0.2, -0.15) is 5.26 Å². The van der Waals surface area contributed by atoms with Crippen LogP contribution in [0.25, 0.3) is 0 Å². The van der Waals surface area contributed by atoms with Crippen LogP contribution in [-0.2, 0) is 17.6 Å². The van der Waals surface area contributed by atoms with E-state index in [9.17, 15) is 14.4 Å². The highest BCUT2D eigenvalue weighted by Gasteiger charge is 2.23. The average molecular weight is 560 g/mol. The molecule has 1 heterocycles. The van der Waals surface area contributed by atoms with Crippen molar-refractivity contribution < 1.29 is 23.4 Å². The predicted molar refractivity (Wildman–Crippen MR) is 158 cm³/mol. The maximum Gasteiger partial charge on any atom is 0.338 e. The first-order valence-electron chi connectivity index (χ1n) is 14.2. The monoisotopic (exact) mass is 559 g/mol. The number of carbonyl (C=O) groups is 1. The third-order valence-electron chi connectivity index (χ3n) is 6.86. The topological polar surface area (TPSA) is 83.8 Å². The van der Waals surface area contributed by atoms with Crippen LogP contribution in [0.5, 0.6) is 11.5 Å². The summed E-state index contributed by atoms with van der Waals surface area (Å²) < 4.78 is 30.0. The Morgan fingerprint density at radius 2 is 1.78 bits per heavy atom. The largest absolute Gasteiger partial charge is 0.488 e. The SMILES string of the molecule is CC(F)COc1ccccc1OCCNC(C)Cc1cc(C#N)c2c(c1)CCN2CCCOC(=O)c1ccccc1. The Hall–Kier alpha value is -4.09. The van der Waals surface area contributed by atoms with E-state index in [-0.39, 0.29) is 18.6 Å². The van der Waals surface area contributed by atoms with Crippen molar-refractivity contribution in [3.63, 3.8) is 0 Å². The molecular formula is C33H38FN3O4. The lowest BCUT2D eigenvalue weighted by Gasteiger charge is -2.21. The Balaban J connectivity index is 1.23. The molecule has 0 bridgehead atoms. The number of nitrogens with one attached hydrogen (secondary N) is 1. The second kappa shape index (κ2) is 15.1. The lowest BCUT2D eigenvalue weighted by Crippen LogP contribution is -2.32. The molecule has 0 aromatic heterocycles. The van der Waals surface area contributed by atoms with Gasteiger partial charge in [-0.25, -0.2) is 9.18 Å². The molecule has 0 amide bonds. The summed E-state index contributed by atoms with van der Waals surface area (Å²) in [6.07, 6.45) is 1.32. The molecule has 2 atom stereocenters. The minimum atomic E-state index is -1.05. The van der Waals surface area contributed by atoms with Gasteiger partial charge in [0.2, 0.25) is 0 Å². The van der Waals surface area contributed by atoms with Gasteiger partial charge in [-0.15, -0.1) is 0 Å². The molecule has 7 nitrogen and oxygen atoms in total. The number of hydrogen-bond acceptors (Lipinski definition) is 7. The summed E-state index contributed by atoms with van der Waals surface area (Å²) in [5, 5.41) is 13.4. The summed E-state index contributed by atoms with van der Waals surface area (Å²) in [6, 6.07) is 23.0. The van der Waals surface area contributed by atoms with Gasteiger partial charge in [0.25, 0.3) is 0 Å². The summed E-state index contributed by atoms with van der Waals surface area (Å²) in [5.41, 5.74) is 4.55. The third kappa shape index (κ3) is 8.70. The molecule has 3 aromatic carbocycles. The van der Waals surface area contributed by atoms with Gasteiger partial charge in [0, 0.05) is 25.7 Å². The lowest BCUT2D eigenvalue weighted by molar-refractivity contribution is 0.0502. The zero-order valence-electron chi connectivity index (χ0n) is 23.8. The number of fused-ring (bicyclic) bond motifs is 1. The molecule has 0 saturated carbocycles. The normalized spacial score (nSPS) is 13.7. The van der Waals surface area contributed by atoms with Gasteiger partial charge >= 0.3 is 5.97 Å². The Morgan fingerprint density at radius 3 is 2.51 bits per heavy atom. The Morgan fingerprint density at radius 1 is 1.05 bits per heavy atom. The number of alkyl halides is 1. The van der Waals surface area contributed by atoms with Crippen LogP contribution in [-0.4, -0.2) is 57.6 Å². The molecule has 1 aliphatic heterocycles. The second-order valence-corrected chi connectivity index (χ2v) is 10.3. The van der Waals surface area contributed by atoms with Crippen LogP contribution in [0.1, 0.15) is 47.3 Å². The van der Waals surface area contributed by atoms with Crippen molar-refractivity contribution in [3.05, 3.63) is 89.0 Å². The number of hydrogen-bond donors (Lipinski definition) is 1. The molecule has 1 aliphatic rings. The first-order chi connectivity index (χ1) is 19.9. The highest BCUT2D eigenvalue weighted by molar-refractivity contribution is 5.89. The van der Waals surface area contributed by atoms with Crippen LogP contribution in [0.4, 0.5) is 10.1 Å². The van der Waals surface area contributed by atoms with E-state index in [0.29, 0.717) is 48.8 Å². The van der Waals surface area contributed by atoms with Gasteiger partial charge in [-0.1, -0.05) is 36.4 Å². The molecule has 2 unspecified atom stereocenters. The van der Waals surface area contributed by atoms with Crippen molar-refractivity contribution in [1.29, 1.82) is 5.26 Å². The van der Waals surface area contributed by atoms with Gasteiger partial charge < -0.3 is 24.4 Å². The van der Waals surface area contributed by atoms with Crippen LogP contribution in [0.15, 0.2) is 66.7 Å². The molecular weight excluding hydrogens is 521 g/mol. The standard InChI is InChI=1S/C33H38FN3O4/c1-24(34)23-41-31-12-7-6-11-30(31)39-18-14-36-25(2)19-26-20-28-13-16-37(32(28)29(21-26)22-35)15-8-17-40-33(38)27-9-4-3-5-10-27/h3-7,9-12,20-21,24-25,36H,8,13-19,23H2,1-2H3. The van der Waals surface area contributed by atoms with Crippen molar-refractivity contribution in [3.8, 4) is 17.6 Å². The van der Waals surface area contributed by atoms with E-state index in [1.807, 2.05) is 42.5 Å². The molecule has 0 saturated heterocycles. The minimum Gasteiger partial charge on any atom is -0.488 e. The molecule has 41 heavy (non-hydrogen) atoms. The number of benzene rings is 3. The van der Waals surface area contributed by atoms with E-state index < -0.39 is 6.17 Å². The van der Waals surface area contributed by atoms with E-state index in [4.69, 9.17) is 14.2 Å². The lowest BCUT2D eigenvalue weighted by atomic mass is 9.99. The second-order valence-electron chi connectivity index (χ2n) is 10.3. The van der Waals surface area contributed by atoms with Crippen molar-refractivity contribution in [2.45, 2.75) is 45.3 Å². The molecule has 1 N–H and O–H groups in total. The number of carbonyl (C=O) groups excluding carboxylic acids is 1. The van der Waals surface area contributed by atoms with Crippen LogP contribution in [0.3, 0.4) is 0 Å². The van der Waals surface area contributed by atoms with Crippen molar-refractivity contribution in [1.82, 2.24) is 5.32 Å². The van der Waals surface area contributed by atoms with Crippen molar-refractivity contribution in [2.75, 3.05) is 44.4 Å². The number of esters is 1. The Kier molecular flexibility index (Phi) is 11.0. The Bertz CT molecular complexity index is 1330. The minimum absolute atomic E-state index is 0.0109. The van der Waals surface area contributed by atoms with Crippen molar-refractivity contribution in [2.24, 2.45) is 0 Å². The molecule has 4 rings (SSSR count). The van der Waals surface area contributed by atoms with Gasteiger partial charge in [0.05, 0.1) is 23.4 Å². The number of nitrogens with zero attached hydrogens (tertiary/aromatic N) is 2. The van der Waals surface area contributed by atoms with Crippen LogP contribution < -0.4 is 19.7 Å². The Labute approximate surface area is 241 Å². The first kappa shape index (κ1) is 29.9. The van der Waals surface area contributed by atoms with E-state index in [0.717, 1.165) is 37.2 Å². The molecule has 3 aromatic rings. The fourth-order valence-electron chi connectivity index (χ4n) is 4.98. The fraction of sp³-hybridized carbons (Fsp3) is 0.394. The maximum absolute atomic E-state index is 13.2. The van der Waals surface area contributed by atoms with Crippen LogP contribution in [0, 0.1) is 11.3 Å². The highest BCUT2D eigenvalue weighted by Crippen LogP contribution is 2.33. The number of halogens is 1. The number of nitriles is 1. The molecule has 0 spiro atoms. The quantitative estimate of drug-likeness (QED) is 0.194. The molecule has 216 valence electrons. The molecule has 0 fully saturated rings. The summed E-state index contributed by atoms with van der Waals surface area (Å²) in [7, 11) is 0. The maximum atomic E-state index is 13.2. The summed E-state index contributed by atoms with van der Waals surface area (Å²) in [4.78, 5) is 14.4. The van der Waals surface area contributed by atoms with E-state index in [1.54, 1.807) is 18.2 Å². The zero-order chi connectivity index (χ0) is 29.0. The van der Waals surface area contributed by atoms with E-state index >= 15 is 0 Å².